The summed E-state index contributed by atoms with van der Waals surface area (Å²) in [6.45, 7) is 1.02. The van der Waals surface area contributed by atoms with Gasteiger partial charge in [-0.1, -0.05) is 17.7 Å². The predicted molar refractivity (Wildman–Crippen MR) is 98.6 cm³/mol. The van der Waals surface area contributed by atoms with Gasteiger partial charge in [0.15, 0.2) is 0 Å². The maximum Gasteiger partial charge on any atom is 0.322 e. The van der Waals surface area contributed by atoms with E-state index in [9.17, 15) is 9.18 Å². The molecule has 1 aliphatic rings. The minimum Gasteiger partial charge on any atom is -0.320 e. The van der Waals surface area contributed by atoms with Crippen LogP contribution < -0.4 is 5.32 Å². The lowest BCUT2D eigenvalue weighted by Crippen LogP contribution is -2.38. The van der Waals surface area contributed by atoms with E-state index in [2.05, 4.69) is 15.5 Å². The van der Waals surface area contributed by atoms with Crippen LogP contribution in [0.1, 0.15) is 11.3 Å². The van der Waals surface area contributed by atoms with E-state index in [1.54, 1.807) is 41.3 Å². The van der Waals surface area contributed by atoms with Gasteiger partial charge in [0, 0.05) is 40.5 Å². The number of anilines is 1. The molecule has 0 saturated heterocycles. The molecule has 132 valence electrons. The Bertz CT molecular complexity index is 954. The van der Waals surface area contributed by atoms with Crippen molar-refractivity contribution < 1.29 is 9.18 Å². The maximum atomic E-state index is 13.2. The summed E-state index contributed by atoms with van der Waals surface area (Å²) >= 11 is 5.96. The zero-order valence-corrected chi connectivity index (χ0v) is 14.6. The molecule has 4 rings (SSSR count). The molecule has 0 radical (unpaired) electrons. The molecule has 0 saturated carbocycles. The van der Waals surface area contributed by atoms with Gasteiger partial charge in [0.05, 0.1) is 12.2 Å². The molecule has 3 aromatic rings. The zero-order valence-electron chi connectivity index (χ0n) is 13.8. The van der Waals surface area contributed by atoms with Crippen molar-refractivity contribution in [3.63, 3.8) is 0 Å². The molecule has 0 bridgehead atoms. The molecule has 1 aromatic heterocycles. The fourth-order valence-electron chi connectivity index (χ4n) is 3.08. The van der Waals surface area contributed by atoms with Gasteiger partial charge in [0.25, 0.3) is 0 Å². The van der Waals surface area contributed by atoms with Crippen molar-refractivity contribution in [2.45, 2.75) is 13.0 Å². The molecule has 2 amide bonds. The fourth-order valence-corrected chi connectivity index (χ4v) is 3.27. The van der Waals surface area contributed by atoms with Crippen molar-refractivity contribution in [2.75, 3.05) is 11.9 Å². The van der Waals surface area contributed by atoms with Gasteiger partial charge in [0.2, 0.25) is 0 Å². The SMILES string of the molecule is O=C(Nc1cccc(Cl)c1)N1CCc2[nH]nc(-c3ccc(F)cc3)c2C1. The Labute approximate surface area is 154 Å². The highest BCUT2D eigenvalue weighted by atomic mass is 35.5. The number of H-pyrrole nitrogens is 1. The first kappa shape index (κ1) is 16.6. The fraction of sp³-hybridized carbons (Fsp3) is 0.158. The number of aromatic amines is 1. The summed E-state index contributed by atoms with van der Waals surface area (Å²) in [4.78, 5) is 14.3. The quantitative estimate of drug-likeness (QED) is 0.699. The van der Waals surface area contributed by atoms with Crippen LogP contribution in [0.4, 0.5) is 14.9 Å². The van der Waals surface area contributed by atoms with Crippen LogP contribution in [0.3, 0.4) is 0 Å². The number of amides is 2. The first-order valence-electron chi connectivity index (χ1n) is 8.24. The Hall–Kier alpha value is -2.86. The summed E-state index contributed by atoms with van der Waals surface area (Å²) < 4.78 is 13.2. The van der Waals surface area contributed by atoms with Crippen LogP contribution in [0.25, 0.3) is 11.3 Å². The summed E-state index contributed by atoms with van der Waals surface area (Å²) in [6.07, 6.45) is 0.687. The molecule has 7 heteroatoms. The van der Waals surface area contributed by atoms with E-state index in [0.29, 0.717) is 30.2 Å². The predicted octanol–water partition coefficient (Wildman–Crippen LogP) is 4.46. The smallest absolute Gasteiger partial charge is 0.320 e. The minimum atomic E-state index is -0.291. The van der Waals surface area contributed by atoms with E-state index in [4.69, 9.17) is 11.6 Å². The Morgan fingerprint density at radius 2 is 2.04 bits per heavy atom. The van der Waals surface area contributed by atoms with Gasteiger partial charge >= 0.3 is 6.03 Å². The first-order chi connectivity index (χ1) is 12.6. The van der Waals surface area contributed by atoms with Gasteiger partial charge < -0.3 is 10.2 Å². The Kier molecular flexibility index (Phi) is 4.34. The largest absolute Gasteiger partial charge is 0.322 e. The van der Waals surface area contributed by atoms with Crippen molar-refractivity contribution in [3.8, 4) is 11.3 Å². The van der Waals surface area contributed by atoms with E-state index in [-0.39, 0.29) is 11.8 Å². The number of nitrogens with zero attached hydrogens (tertiary/aromatic N) is 2. The van der Waals surface area contributed by atoms with Gasteiger partial charge in [-0.15, -0.1) is 0 Å². The van der Waals surface area contributed by atoms with Crippen LogP contribution in [0.5, 0.6) is 0 Å². The summed E-state index contributed by atoms with van der Waals surface area (Å²) in [5, 5.41) is 10.8. The molecule has 0 fully saturated rings. The molecular weight excluding hydrogens is 355 g/mol. The third-order valence-corrected chi connectivity index (χ3v) is 4.65. The van der Waals surface area contributed by atoms with Crippen LogP contribution in [0.2, 0.25) is 5.02 Å². The first-order valence-corrected chi connectivity index (χ1v) is 8.61. The van der Waals surface area contributed by atoms with E-state index in [1.165, 1.54) is 12.1 Å². The normalized spacial score (nSPS) is 13.4. The second-order valence-corrected chi connectivity index (χ2v) is 6.58. The number of hydrogen-bond donors (Lipinski definition) is 2. The number of benzene rings is 2. The standard InChI is InChI=1S/C19H16ClFN4O/c20-13-2-1-3-15(10-13)22-19(26)25-9-8-17-16(11-25)18(24-23-17)12-4-6-14(21)7-5-12/h1-7,10H,8-9,11H2,(H,22,26)(H,23,24). The van der Waals surface area contributed by atoms with Gasteiger partial charge in [-0.25, -0.2) is 9.18 Å². The lowest BCUT2D eigenvalue weighted by atomic mass is 10.0. The van der Waals surface area contributed by atoms with Crippen molar-refractivity contribution in [1.29, 1.82) is 0 Å². The number of aromatic nitrogens is 2. The average molecular weight is 371 g/mol. The topological polar surface area (TPSA) is 61.0 Å². The average Bonchev–Trinajstić information content (AvgIpc) is 3.05. The second kappa shape index (κ2) is 6.80. The number of nitrogens with one attached hydrogen (secondary N) is 2. The molecule has 5 nitrogen and oxygen atoms in total. The van der Waals surface area contributed by atoms with Crippen LogP contribution in [0, 0.1) is 5.82 Å². The Balaban J connectivity index is 1.54. The number of urea groups is 1. The molecule has 0 spiro atoms. The molecule has 2 N–H and O–H groups in total. The van der Waals surface area contributed by atoms with E-state index < -0.39 is 0 Å². The Morgan fingerprint density at radius 1 is 1.23 bits per heavy atom. The van der Waals surface area contributed by atoms with Crippen molar-refractivity contribution in [2.24, 2.45) is 0 Å². The van der Waals surface area contributed by atoms with Crippen LogP contribution >= 0.6 is 11.6 Å². The van der Waals surface area contributed by atoms with E-state index >= 15 is 0 Å². The molecule has 26 heavy (non-hydrogen) atoms. The molecule has 2 heterocycles. The van der Waals surface area contributed by atoms with Gasteiger partial charge in [-0.2, -0.15) is 5.10 Å². The third-order valence-electron chi connectivity index (χ3n) is 4.41. The molecular formula is C19H16ClFN4O. The summed E-state index contributed by atoms with van der Waals surface area (Å²) in [5.41, 5.74) is 4.20. The number of hydrogen-bond acceptors (Lipinski definition) is 2. The summed E-state index contributed by atoms with van der Waals surface area (Å²) in [5.74, 6) is -0.291. The van der Waals surface area contributed by atoms with Crippen molar-refractivity contribution in [3.05, 3.63) is 70.6 Å². The minimum absolute atomic E-state index is 0.191. The van der Waals surface area contributed by atoms with Crippen LogP contribution in [0.15, 0.2) is 48.5 Å². The van der Waals surface area contributed by atoms with Crippen molar-refractivity contribution in [1.82, 2.24) is 15.1 Å². The molecule has 0 atom stereocenters. The highest BCUT2D eigenvalue weighted by molar-refractivity contribution is 6.30. The van der Waals surface area contributed by atoms with Crippen LogP contribution in [-0.4, -0.2) is 27.7 Å². The van der Waals surface area contributed by atoms with Gasteiger partial charge in [0.1, 0.15) is 5.82 Å². The van der Waals surface area contributed by atoms with E-state index in [1.807, 2.05) is 0 Å². The number of halogens is 2. The second-order valence-electron chi connectivity index (χ2n) is 6.15. The summed E-state index contributed by atoms with van der Waals surface area (Å²) in [6, 6.07) is 13.0. The highest BCUT2D eigenvalue weighted by Gasteiger charge is 2.25. The van der Waals surface area contributed by atoms with Gasteiger partial charge in [-0.3, -0.25) is 5.10 Å². The van der Waals surface area contributed by atoms with Crippen LogP contribution in [-0.2, 0) is 13.0 Å². The maximum absolute atomic E-state index is 13.2. The highest BCUT2D eigenvalue weighted by Crippen LogP contribution is 2.29. The molecule has 0 aliphatic carbocycles. The monoisotopic (exact) mass is 370 g/mol. The molecule has 2 aromatic carbocycles. The number of carbonyl (C=O) groups excluding carboxylic acids is 1. The third kappa shape index (κ3) is 3.28. The summed E-state index contributed by atoms with van der Waals surface area (Å²) in [7, 11) is 0. The molecule has 0 unspecified atom stereocenters. The van der Waals surface area contributed by atoms with Crippen molar-refractivity contribution >= 4 is 23.3 Å². The lowest BCUT2D eigenvalue weighted by molar-refractivity contribution is 0.206. The number of fused-ring (bicyclic) bond motifs is 1. The number of rotatable bonds is 2. The molecule has 1 aliphatic heterocycles. The Morgan fingerprint density at radius 3 is 2.81 bits per heavy atom. The lowest BCUT2D eigenvalue weighted by Gasteiger charge is -2.27. The number of carbonyl (C=O) groups is 1. The van der Waals surface area contributed by atoms with E-state index in [0.717, 1.165) is 22.5 Å². The van der Waals surface area contributed by atoms with Gasteiger partial charge in [-0.05, 0) is 42.5 Å². The zero-order chi connectivity index (χ0) is 18.1.